The maximum Gasteiger partial charge on any atom is 0.145 e. The summed E-state index contributed by atoms with van der Waals surface area (Å²) in [5.74, 6) is 0.189. The first-order chi connectivity index (χ1) is 30.8. The number of benzene rings is 8. The average Bonchev–Trinajstić information content (AvgIpc) is 3.69. The Balaban J connectivity index is 1.41. The summed E-state index contributed by atoms with van der Waals surface area (Å²) >= 11 is 0. The van der Waals surface area contributed by atoms with Crippen LogP contribution in [0.4, 0.5) is 0 Å². The van der Waals surface area contributed by atoms with E-state index in [-0.39, 0.29) is 66.4 Å². The smallest absolute Gasteiger partial charge is 0.145 e. The fourth-order valence-corrected chi connectivity index (χ4v) is 6.07. The number of hydrogen-bond acceptors (Lipinski definition) is 1. The van der Waals surface area contributed by atoms with Crippen molar-refractivity contribution in [2.45, 2.75) is 0 Å². The number of fused-ring (bicyclic) bond motifs is 3. The molecule has 1 aromatic heterocycles. The number of aromatic nitrogens is 2. The predicted molar refractivity (Wildman–Crippen MR) is 198 cm³/mol. The summed E-state index contributed by atoms with van der Waals surface area (Å²) in [6.45, 7) is 0. The molecule has 0 atom stereocenters. The molecule has 9 rings (SSSR count). The Labute approximate surface area is 299 Å². The van der Waals surface area contributed by atoms with E-state index in [9.17, 15) is 5.48 Å². The summed E-state index contributed by atoms with van der Waals surface area (Å²) in [5.41, 5.74) is 1.20. The van der Waals surface area contributed by atoms with E-state index in [2.05, 4.69) is 0 Å². The Morgan fingerprint density at radius 1 is 0.426 bits per heavy atom. The lowest BCUT2D eigenvalue weighted by atomic mass is 9.84. The second kappa shape index (κ2) is 11.3. The van der Waals surface area contributed by atoms with Crippen molar-refractivity contribution in [3.05, 3.63) is 182 Å². The molecule has 2 nitrogen and oxygen atoms in total. The van der Waals surface area contributed by atoms with Crippen LogP contribution >= 0.6 is 0 Å². The molecule has 0 aliphatic carbocycles. The van der Waals surface area contributed by atoms with Crippen molar-refractivity contribution in [2.24, 2.45) is 0 Å². The third kappa shape index (κ3) is 4.54. The van der Waals surface area contributed by atoms with E-state index >= 15 is 0 Å². The maximum atomic E-state index is 9.39. The van der Waals surface area contributed by atoms with Gasteiger partial charge < -0.3 is 0 Å². The van der Waals surface area contributed by atoms with Gasteiger partial charge in [-0.05, 0) is 79.1 Å². The first kappa shape index (κ1) is 14.5. The molecular weight excluding hydrogens is 569 g/mol. The van der Waals surface area contributed by atoms with Crippen molar-refractivity contribution in [3.8, 4) is 50.5 Å². The van der Waals surface area contributed by atoms with Crippen LogP contribution in [0.5, 0.6) is 0 Å². The normalized spacial score (nSPS) is 16.8. The predicted octanol–water partition coefficient (Wildman–Crippen LogP) is 12.0. The van der Waals surface area contributed by atoms with Gasteiger partial charge in [0.25, 0.3) is 0 Å². The van der Waals surface area contributed by atoms with Gasteiger partial charge in [-0.2, -0.15) is 0 Å². The zero-order valence-electron chi connectivity index (χ0n) is 42.3. The summed E-state index contributed by atoms with van der Waals surface area (Å²) in [6, 6.07) is 8.86. The lowest BCUT2D eigenvalue weighted by Gasteiger charge is -2.20. The summed E-state index contributed by atoms with van der Waals surface area (Å²) in [7, 11) is 0. The lowest BCUT2D eigenvalue weighted by molar-refractivity contribution is 1.10. The highest BCUT2D eigenvalue weighted by molar-refractivity contribution is 6.22. The topological polar surface area (TPSA) is 17.8 Å². The first-order valence-electron chi connectivity index (χ1n) is 23.6. The minimum atomic E-state index is -0.655. The average molecular weight is 617 g/mol. The minimum Gasteiger partial charge on any atom is -0.292 e. The molecule has 0 N–H and O–H groups in total. The molecule has 0 aliphatic rings. The van der Waals surface area contributed by atoms with Gasteiger partial charge in [-0.3, -0.25) is 4.57 Å². The SMILES string of the molecule is [2H]c1c([2H])c([2H])c(-c2ccccc2-c2c3c([2H])c([2H])c([2H])c([2H])c3c(-c3ccc(-c4nc5ccccc5n4-c4c([2H])c([2H])c([2H])c([2H])c4[2H])cc3)c3c([2H])c([2H])c([2H])c([2H])c23)c([2H])c1[2H]. The van der Waals surface area contributed by atoms with E-state index < -0.39 is 109 Å². The number of hydrogen-bond donors (Lipinski definition) is 0. The molecule has 9 aromatic rings. The molecule has 47 heavy (non-hydrogen) atoms. The maximum absolute atomic E-state index is 9.39. The molecule has 0 spiro atoms. The van der Waals surface area contributed by atoms with Gasteiger partial charge in [-0.1, -0.05) is 157 Å². The Morgan fingerprint density at radius 2 is 0.936 bits per heavy atom. The van der Waals surface area contributed by atoms with Crippen LogP contribution in [0, 0.1) is 0 Å². The largest absolute Gasteiger partial charge is 0.292 e. The first-order valence-corrected chi connectivity index (χ1v) is 14.6. The molecule has 220 valence electrons. The van der Waals surface area contributed by atoms with Crippen LogP contribution < -0.4 is 0 Å². The molecule has 0 bridgehead atoms. The highest BCUT2D eigenvalue weighted by Crippen LogP contribution is 2.46. The van der Waals surface area contributed by atoms with Crippen molar-refractivity contribution in [1.82, 2.24) is 9.55 Å². The van der Waals surface area contributed by atoms with E-state index in [0.29, 0.717) is 16.6 Å². The molecule has 0 saturated carbocycles. The molecule has 0 aliphatic heterocycles. The molecule has 0 fully saturated rings. The second-order valence-electron chi connectivity index (χ2n) is 10.6. The van der Waals surface area contributed by atoms with Crippen LogP contribution in [0.15, 0.2) is 182 Å². The van der Waals surface area contributed by atoms with Crippen molar-refractivity contribution in [2.75, 3.05) is 0 Å². The van der Waals surface area contributed by atoms with Crippen molar-refractivity contribution in [1.29, 1.82) is 0 Å². The molecule has 0 unspecified atom stereocenters. The van der Waals surface area contributed by atoms with Crippen LogP contribution in [0.2, 0.25) is 0 Å². The Kier molecular flexibility index (Phi) is 3.47. The van der Waals surface area contributed by atoms with E-state index in [0.717, 1.165) is 0 Å². The van der Waals surface area contributed by atoms with E-state index in [1.807, 2.05) is 0 Å². The van der Waals surface area contributed by atoms with Crippen molar-refractivity contribution in [3.63, 3.8) is 0 Å². The van der Waals surface area contributed by atoms with Crippen molar-refractivity contribution < 1.29 is 24.7 Å². The standard InChI is InChI=1S/C45H30N2/c1-3-15-31(16-4-1)35-19-7-8-20-36(35)44-39-23-11-9-21-37(39)43(38-22-10-12-24-40(38)44)32-27-29-33(30-28-32)45-46-41-25-13-14-26-42(41)47(45)34-17-5-2-6-18-34/h1-30H/i1D,2D,3D,4D,5D,6D,9D,10D,11D,12D,15D,16D,17D,18D,21D,22D,23D,24D. The third-order valence-corrected chi connectivity index (χ3v) is 8.04. The molecular formula is C45H30N2. The van der Waals surface area contributed by atoms with Gasteiger partial charge in [0.2, 0.25) is 0 Å². The van der Waals surface area contributed by atoms with Crippen LogP contribution in [-0.2, 0) is 0 Å². The summed E-state index contributed by atoms with van der Waals surface area (Å²) in [6.07, 6.45) is 0. The zero-order chi connectivity index (χ0) is 46.8. The van der Waals surface area contributed by atoms with E-state index in [1.54, 1.807) is 60.7 Å². The van der Waals surface area contributed by atoms with Gasteiger partial charge in [0.15, 0.2) is 0 Å². The zero-order valence-corrected chi connectivity index (χ0v) is 24.3. The quantitative estimate of drug-likeness (QED) is 0.176. The van der Waals surface area contributed by atoms with E-state index in [1.165, 1.54) is 16.7 Å². The number of rotatable bonds is 5. The highest BCUT2D eigenvalue weighted by Gasteiger charge is 2.19. The van der Waals surface area contributed by atoms with Crippen LogP contribution in [0.1, 0.15) is 24.7 Å². The number of imidazole rings is 1. The molecule has 0 saturated heterocycles. The van der Waals surface area contributed by atoms with Crippen LogP contribution in [0.3, 0.4) is 0 Å². The van der Waals surface area contributed by atoms with Gasteiger partial charge in [0, 0.05) is 11.3 Å². The Morgan fingerprint density at radius 3 is 1.60 bits per heavy atom. The lowest BCUT2D eigenvalue weighted by Crippen LogP contribution is -1.97. The fraction of sp³-hybridized carbons (Fsp3) is 0. The van der Waals surface area contributed by atoms with Gasteiger partial charge in [0.05, 0.1) is 35.7 Å². The molecule has 0 radical (unpaired) electrons. The van der Waals surface area contributed by atoms with Gasteiger partial charge in [-0.15, -0.1) is 0 Å². The Bertz CT molecular complexity index is 3440. The van der Waals surface area contributed by atoms with Crippen LogP contribution in [-0.4, -0.2) is 9.55 Å². The minimum absolute atomic E-state index is 0.0173. The molecule has 0 amide bonds. The summed E-state index contributed by atoms with van der Waals surface area (Å²) in [4.78, 5) is 4.79. The van der Waals surface area contributed by atoms with Gasteiger partial charge >= 0.3 is 0 Å². The number of para-hydroxylation sites is 3. The molecule has 1 heterocycles. The van der Waals surface area contributed by atoms with Gasteiger partial charge in [-0.25, -0.2) is 4.98 Å². The monoisotopic (exact) mass is 616 g/mol. The van der Waals surface area contributed by atoms with Crippen molar-refractivity contribution >= 4 is 32.6 Å². The number of nitrogens with zero attached hydrogens (tertiary/aromatic N) is 2. The van der Waals surface area contributed by atoms with Crippen LogP contribution in [0.25, 0.3) is 83.0 Å². The second-order valence-corrected chi connectivity index (χ2v) is 10.6. The van der Waals surface area contributed by atoms with Gasteiger partial charge in [0.1, 0.15) is 5.82 Å². The molecule has 8 aromatic carbocycles. The Hall–Kier alpha value is -6.25. The molecule has 2 heteroatoms. The fourth-order valence-electron chi connectivity index (χ4n) is 6.07. The summed E-state index contributed by atoms with van der Waals surface area (Å²) in [5, 5.41) is -0.567. The summed E-state index contributed by atoms with van der Waals surface area (Å²) < 4.78 is 160. The highest BCUT2D eigenvalue weighted by atomic mass is 15.1. The third-order valence-electron chi connectivity index (χ3n) is 8.04. The van der Waals surface area contributed by atoms with E-state index in [4.69, 9.17) is 24.2 Å².